The van der Waals surface area contributed by atoms with E-state index in [1.165, 1.54) is 6.33 Å². The molecule has 0 radical (unpaired) electrons. The minimum atomic E-state index is -0.597. The first-order valence-electron chi connectivity index (χ1n) is 4.88. The molecular formula is C10H16FN3O. The summed E-state index contributed by atoms with van der Waals surface area (Å²) in [6.45, 7) is 5.25. The first-order valence-corrected chi connectivity index (χ1v) is 4.88. The Morgan fingerprint density at radius 2 is 2.13 bits per heavy atom. The van der Waals surface area contributed by atoms with E-state index in [0.717, 1.165) is 0 Å². The minimum absolute atomic E-state index is 0.0993. The van der Waals surface area contributed by atoms with Gasteiger partial charge in [0.25, 0.3) is 0 Å². The molecule has 0 aromatic carbocycles. The molecule has 84 valence electrons. The highest BCUT2D eigenvalue weighted by Crippen LogP contribution is 2.17. The smallest absolute Gasteiger partial charge is 0.186 e. The largest absolute Gasteiger partial charge is 0.394 e. The average Bonchev–Trinajstić information content (AvgIpc) is 2.21. The lowest BCUT2D eigenvalue weighted by Crippen LogP contribution is -2.35. The molecule has 15 heavy (non-hydrogen) atoms. The van der Waals surface area contributed by atoms with E-state index in [9.17, 15) is 4.39 Å². The van der Waals surface area contributed by atoms with E-state index in [1.54, 1.807) is 13.8 Å². The van der Waals surface area contributed by atoms with Crippen molar-refractivity contribution in [3.05, 3.63) is 17.8 Å². The van der Waals surface area contributed by atoms with Crippen LogP contribution in [-0.4, -0.2) is 27.2 Å². The Labute approximate surface area is 88.6 Å². The van der Waals surface area contributed by atoms with Crippen molar-refractivity contribution in [3.63, 3.8) is 0 Å². The molecule has 0 bridgehead atoms. The van der Waals surface area contributed by atoms with Crippen LogP contribution in [-0.2, 0) is 6.42 Å². The number of aliphatic hydroxyl groups is 1. The van der Waals surface area contributed by atoms with Crippen LogP contribution in [0.25, 0.3) is 0 Å². The van der Waals surface area contributed by atoms with Gasteiger partial charge in [0.2, 0.25) is 0 Å². The summed E-state index contributed by atoms with van der Waals surface area (Å²) in [5, 5.41) is 11.9. The van der Waals surface area contributed by atoms with Crippen LogP contribution < -0.4 is 5.32 Å². The summed E-state index contributed by atoms with van der Waals surface area (Å²) < 4.78 is 13.7. The Morgan fingerprint density at radius 3 is 2.67 bits per heavy atom. The van der Waals surface area contributed by atoms with Crippen molar-refractivity contribution in [3.8, 4) is 0 Å². The molecule has 1 heterocycles. The quantitative estimate of drug-likeness (QED) is 0.793. The van der Waals surface area contributed by atoms with Crippen LogP contribution >= 0.6 is 0 Å². The molecule has 0 spiro atoms. The van der Waals surface area contributed by atoms with Crippen LogP contribution in [0.4, 0.5) is 10.2 Å². The molecule has 0 saturated carbocycles. The number of aromatic nitrogens is 2. The van der Waals surface area contributed by atoms with Gasteiger partial charge in [0.1, 0.15) is 6.33 Å². The van der Waals surface area contributed by atoms with Crippen molar-refractivity contribution >= 4 is 5.82 Å². The number of hydrogen-bond acceptors (Lipinski definition) is 4. The van der Waals surface area contributed by atoms with Crippen molar-refractivity contribution in [2.24, 2.45) is 0 Å². The number of halogens is 1. The second kappa shape index (κ2) is 4.53. The van der Waals surface area contributed by atoms with Crippen LogP contribution in [0, 0.1) is 5.82 Å². The summed E-state index contributed by atoms with van der Waals surface area (Å²) in [4.78, 5) is 7.64. The van der Waals surface area contributed by atoms with E-state index >= 15 is 0 Å². The third kappa shape index (κ3) is 2.86. The Bertz CT molecular complexity index is 341. The fraction of sp³-hybridized carbons (Fsp3) is 0.600. The second-order valence-corrected chi connectivity index (χ2v) is 4.00. The van der Waals surface area contributed by atoms with Gasteiger partial charge >= 0.3 is 0 Å². The maximum Gasteiger partial charge on any atom is 0.186 e. The number of anilines is 1. The van der Waals surface area contributed by atoms with Crippen LogP contribution in [0.1, 0.15) is 26.5 Å². The Balaban J connectivity index is 2.95. The molecule has 0 aliphatic rings. The number of nitrogens with zero attached hydrogens (tertiary/aromatic N) is 2. The van der Waals surface area contributed by atoms with Gasteiger partial charge in [-0.05, 0) is 20.3 Å². The average molecular weight is 213 g/mol. The van der Waals surface area contributed by atoms with E-state index < -0.39 is 11.4 Å². The molecule has 1 rings (SSSR count). The summed E-state index contributed by atoms with van der Waals surface area (Å²) >= 11 is 0. The van der Waals surface area contributed by atoms with E-state index in [1.807, 2.05) is 6.92 Å². The number of aryl methyl sites for hydroxylation is 1. The van der Waals surface area contributed by atoms with Gasteiger partial charge in [-0.3, -0.25) is 0 Å². The summed E-state index contributed by atoms with van der Waals surface area (Å²) in [5.41, 5.74) is -0.221. The third-order valence-corrected chi connectivity index (χ3v) is 2.05. The zero-order valence-corrected chi connectivity index (χ0v) is 9.21. The van der Waals surface area contributed by atoms with Gasteiger partial charge in [0.15, 0.2) is 11.6 Å². The van der Waals surface area contributed by atoms with Crippen molar-refractivity contribution in [1.82, 2.24) is 9.97 Å². The number of aliphatic hydroxyl groups excluding tert-OH is 1. The van der Waals surface area contributed by atoms with Gasteiger partial charge in [-0.2, -0.15) is 0 Å². The Hall–Kier alpha value is -1.23. The van der Waals surface area contributed by atoms with Gasteiger partial charge in [0, 0.05) is 0 Å². The molecule has 1 aromatic rings. The lowest BCUT2D eigenvalue weighted by molar-refractivity contribution is 0.233. The maximum absolute atomic E-state index is 13.7. The monoisotopic (exact) mass is 213 g/mol. The summed E-state index contributed by atoms with van der Waals surface area (Å²) in [6.07, 6.45) is 1.83. The van der Waals surface area contributed by atoms with Gasteiger partial charge in [-0.1, -0.05) is 6.92 Å². The molecule has 0 unspecified atom stereocenters. The lowest BCUT2D eigenvalue weighted by Gasteiger charge is -2.24. The van der Waals surface area contributed by atoms with Crippen molar-refractivity contribution in [2.75, 3.05) is 11.9 Å². The molecule has 0 fully saturated rings. The van der Waals surface area contributed by atoms with Gasteiger partial charge < -0.3 is 10.4 Å². The van der Waals surface area contributed by atoms with E-state index in [4.69, 9.17) is 5.11 Å². The van der Waals surface area contributed by atoms with Crippen LogP contribution in [0.2, 0.25) is 0 Å². The SMILES string of the molecule is CCc1ncnc(NC(C)(C)CO)c1F. The fourth-order valence-corrected chi connectivity index (χ4v) is 1.10. The molecule has 0 aliphatic carbocycles. The maximum atomic E-state index is 13.7. The summed E-state index contributed by atoms with van der Waals surface area (Å²) in [6, 6.07) is 0. The molecule has 0 aliphatic heterocycles. The number of rotatable bonds is 4. The fourth-order valence-electron chi connectivity index (χ4n) is 1.10. The Morgan fingerprint density at radius 1 is 1.47 bits per heavy atom. The first kappa shape index (κ1) is 11.8. The van der Waals surface area contributed by atoms with Gasteiger partial charge in [0.05, 0.1) is 17.8 Å². The standard InChI is InChI=1S/C10H16FN3O/c1-4-7-8(11)9(13-6-12-7)14-10(2,3)5-15/h6,15H,4-5H2,1-3H3,(H,12,13,14). The van der Waals surface area contributed by atoms with E-state index in [0.29, 0.717) is 12.1 Å². The normalized spacial score (nSPS) is 11.5. The predicted molar refractivity (Wildman–Crippen MR) is 56.2 cm³/mol. The molecule has 0 amide bonds. The van der Waals surface area contributed by atoms with Crippen molar-refractivity contribution in [1.29, 1.82) is 0 Å². The lowest BCUT2D eigenvalue weighted by atomic mass is 10.1. The number of nitrogens with one attached hydrogen (secondary N) is 1. The van der Waals surface area contributed by atoms with Crippen molar-refractivity contribution < 1.29 is 9.50 Å². The van der Waals surface area contributed by atoms with Gasteiger partial charge in [-0.15, -0.1) is 0 Å². The third-order valence-electron chi connectivity index (χ3n) is 2.05. The topological polar surface area (TPSA) is 58.0 Å². The zero-order chi connectivity index (χ0) is 11.5. The summed E-state index contributed by atoms with van der Waals surface area (Å²) in [7, 11) is 0. The predicted octanol–water partition coefficient (Wildman–Crippen LogP) is 1.36. The van der Waals surface area contributed by atoms with Crippen LogP contribution in [0.3, 0.4) is 0 Å². The minimum Gasteiger partial charge on any atom is -0.394 e. The molecule has 1 aromatic heterocycles. The van der Waals surface area contributed by atoms with Crippen molar-refractivity contribution in [2.45, 2.75) is 32.7 Å². The molecule has 4 nitrogen and oxygen atoms in total. The van der Waals surface area contributed by atoms with Crippen LogP contribution in [0.5, 0.6) is 0 Å². The van der Waals surface area contributed by atoms with Gasteiger partial charge in [-0.25, -0.2) is 14.4 Å². The first-order chi connectivity index (χ1) is 7.00. The highest BCUT2D eigenvalue weighted by Gasteiger charge is 2.19. The molecule has 0 saturated heterocycles. The Kier molecular flexibility index (Phi) is 3.57. The van der Waals surface area contributed by atoms with Crippen LogP contribution in [0.15, 0.2) is 6.33 Å². The highest BCUT2D eigenvalue weighted by molar-refractivity contribution is 5.39. The highest BCUT2D eigenvalue weighted by atomic mass is 19.1. The molecule has 0 atom stereocenters. The van der Waals surface area contributed by atoms with E-state index in [2.05, 4.69) is 15.3 Å². The molecule has 2 N–H and O–H groups in total. The second-order valence-electron chi connectivity index (χ2n) is 4.00. The molecular weight excluding hydrogens is 197 g/mol. The number of hydrogen-bond donors (Lipinski definition) is 2. The molecule has 5 heteroatoms. The summed E-state index contributed by atoms with van der Waals surface area (Å²) in [5.74, 6) is -0.303. The zero-order valence-electron chi connectivity index (χ0n) is 9.21. The van der Waals surface area contributed by atoms with E-state index in [-0.39, 0.29) is 12.4 Å².